The Labute approximate surface area is 125 Å². The molecule has 1 N–H and O–H groups in total. The molecule has 0 aliphatic carbocycles. The Kier molecular flexibility index (Phi) is 5.71. The fraction of sp³-hybridized carbons (Fsp3) is 0.222. The molecule has 3 nitrogen and oxygen atoms in total. The molecule has 0 aliphatic heterocycles. The first-order valence-corrected chi connectivity index (χ1v) is 7.23. The monoisotopic (exact) mass is 280 g/mol. The molecular formula is C18H20N2O. The number of carbonyl (C=O) groups is 1. The highest BCUT2D eigenvalue weighted by atomic mass is 16.1. The molecule has 0 fully saturated rings. The summed E-state index contributed by atoms with van der Waals surface area (Å²) < 4.78 is 0. The summed E-state index contributed by atoms with van der Waals surface area (Å²) in [5.74, 6) is -0.0667. The van der Waals surface area contributed by atoms with Crippen LogP contribution < -0.4 is 5.32 Å². The maximum absolute atomic E-state index is 12.0. The first-order valence-electron chi connectivity index (χ1n) is 7.23. The number of unbranched alkanes of at least 4 members (excludes halogenated alkanes) is 1. The molecular weight excluding hydrogens is 260 g/mol. The largest absolute Gasteiger partial charge is 0.348 e. The number of hydrogen-bond acceptors (Lipinski definition) is 2. The SMILES string of the molecule is CCCC=Cc1ccc(C(=O)NCc2cccnc2)cc1. The van der Waals surface area contributed by atoms with Crippen LogP contribution in [0.1, 0.15) is 41.3 Å². The number of allylic oxidation sites excluding steroid dienone is 1. The minimum atomic E-state index is -0.0667. The third kappa shape index (κ3) is 4.88. The van der Waals surface area contributed by atoms with Crippen LogP contribution in [0.5, 0.6) is 0 Å². The van der Waals surface area contributed by atoms with Gasteiger partial charge >= 0.3 is 0 Å². The Hall–Kier alpha value is -2.42. The molecule has 3 heteroatoms. The van der Waals surface area contributed by atoms with Crippen molar-refractivity contribution in [2.45, 2.75) is 26.3 Å². The van der Waals surface area contributed by atoms with E-state index in [2.05, 4.69) is 29.4 Å². The van der Waals surface area contributed by atoms with E-state index in [-0.39, 0.29) is 5.91 Å². The summed E-state index contributed by atoms with van der Waals surface area (Å²) in [6.07, 6.45) is 9.93. The second kappa shape index (κ2) is 8.00. The normalized spacial score (nSPS) is 10.7. The molecule has 108 valence electrons. The third-order valence-corrected chi connectivity index (χ3v) is 3.11. The maximum atomic E-state index is 12.0. The zero-order valence-corrected chi connectivity index (χ0v) is 12.3. The Morgan fingerprint density at radius 3 is 2.71 bits per heavy atom. The molecule has 0 bridgehead atoms. The van der Waals surface area contributed by atoms with E-state index in [9.17, 15) is 4.79 Å². The third-order valence-electron chi connectivity index (χ3n) is 3.11. The Balaban J connectivity index is 1.90. The number of carbonyl (C=O) groups excluding carboxylic acids is 1. The molecule has 0 radical (unpaired) electrons. The summed E-state index contributed by atoms with van der Waals surface area (Å²) in [5.41, 5.74) is 2.78. The lowest BCUT2D eigenvalue weighted by atomic mass is 10.1. The number of aromatic nitrogens is 1. The van der Waals surface area contributed by atoms with Crippen molar-refractivity contribution < 1.29 is 4.79 Å². The molecule has 0 atom stereocenters. The predicted octanol–water partition coefficient (Wildman–Crippen LogP) is 3.82. The molecule has 21 heavy (non-hydrogen) atoms. The molecule has 1 amide bonds. The number of pyridine rings is 1. The van der Waals surface area contributed by atoms with Gasteiger partial charge in [-0.3, -0.25) is 9.78 Å². The zero-order chi connectivity index (χ0) is 14.9. The lowest BCUT2D eigenvalue weighted by Crippen LogP contribution is -2.22. The van der Waals surface area contributed by atoms with Crippen LogP contribution in [-0.4, -0.2) is 10.9 Å². The van der Waals surface area contributed by atoms with Crippen LogP contribution in [0.3, 0.4) is 0 Å². The van der Waals surface area contributed by atoms with Crippen LogP contribution >= 0.6 is 0 Å². The number of hydrogen-bond donors (Lipinski definition) is 1. The van der Waals surface area contributed by atoms with Crippen LogP contribution in [0.15, 0.2) is 54.9 Å². The maximum Gasteiger partial charge on any atom is 0.251 e. The highest BCUT2D eigenvalue weighted by Gasteiger charge is 2.04. The summed E-state index contributed by atoms with van der Waals surface area (Å²) >= 11 is 0. The summed E-state index contributed by atoms with van der Waals surface area (Å²) in [5, 5.41) is 2.89. The molecule has 1 aromatic heterocycles. The van der Waals surface area contributed by atoms with E-state index in [1.165, 1.54) is 0 Å². The van der Waals surface area contributed by atoms with E-state index in [1.54, 1.807) is 12.4 Å². The number of rotatable bonds is 6. The number of benzene rings is 1. The van der Waals surface area contributed by atoms with Gasteiger partial charge in [0.05, 0.1) is 0 Å². The predicted molar refractivity (Wildman–Crippen MR) is 85.8 cm³/mol. The van der Waals surface area contributed by atoms with Crippen molar-refractivity contribution in [3.63, 3.8) is 0 Å². The Bertz CT molecular complexity index is 588. The van der Waals surface area contributed by atoms with E-state index < -0.39 is 0 Å². The van der Waals surface area contributed by atoms with Gasteiger partial charge in [0.15, 0.2) is 0 Å². The fourth-order valence-corrected chi connectivity index (χ4v) is 1.92. The molecule has 0 unspecified atom stereocenters. The minimum absolute atomic E-state index is 0.0667. The van der Waals surface area contributed by atoms with Crippen molar-refractivity contribution in [3.05, 3.63) is 71.6 Å². The average molecular weight is 280 g/mol. The molecule has 1 aromatic carbocycles. The second-order valence-electron chi connectivity index (χ2n) is 4.86. The molecule has 0 spiro atoms. The van der Waals surface area contributed by atoms with Gasteiger partial charge in [0.25, 0.3) is 5.91 Å². The summed E-state index contributed by atoms with van der Waals surface area (Å²) in [6.45, 7) is 2.64. The van der Waals surface area contributed by atoms with Crippen LogP contribution in [0.4, 0.5) is 0 Å². The summed E-state index contributed by atoms with van der Waals surface area (Å²) in [7, 11) is 0. The topological polar surface area (TPSA) is 42.0 Å². The van der Waals surface area contributed by atoms with Crippen LogP contribution in [0.2, 0.25) is 0 Å². The van der Waals surface area contributed by atoms with Crippen molar-refractivity contribution in [2.75, 3.05) is 0 Å². The van der Waals surface area contributed by atoms with Crippen LogP contribution in [0, 0.1) is 0 Å². The number of nitrogens with zero attached hydrogens (tertiary/aromatic N) is 1. The van der Waals surface area contributed by atoms with E-state index >= 15 is 0 Å². The molecule has 1 heterocycles. The molecule has 0 aliphatic rings. The quantitative estimate of drug-likeness (QED) is 0.874. The smallest absolute Gasteiger partial charge is 0.251 e. The lowest BCUT2D eigenvalue weighted by molar-refractivity contribution is 0.0951. The van der Waals surface area contributed by atoms with Gasteiger partial charge in [0.1, 0.15) is 0 Å². The second-order valence-corrected chi connectivity index (χ2v) is 4.86. The molecule has 0 saturated carbocycles. The van der Waals surface area contributed by atoms with Gasteiger partial charge < -0.3 is 5.32 Å². The molecule has 2 rings (SSSR count). The van der Waals surface area contributed by atoms with Crippen molar-refractivity contribution in [1.82, 2.24) is 10.3 Å². The van der Waals surface area contributed by atoms with E-state index in [0.29, 0.717) is 12.1 Å². The van der Waals surface area contributed by atoms with Gasteiger partial charge in [0.2, 0.25) is 0 Å². The van der Waals surface area contributed by atoms with Crippen LogP contribution in [-0.2, 0) is 6.54 Å². The Morgan fingerprint density at radius 1 is 1.24 bits per heavy atom. The standard InChI is InChI=1S/C18H20N2O/c1-2-3-4-6-15-8-10-17(11-9-15)18(21)20-14-16-7-5-12-19-13-16/h4-13H,2-3,14H2,1H3,(H,20,21). The first kappa shape index (κ1) is 15.0. The Morgan fingerprint density at radius 2 is 2.05 bits per heavy atom. The van der Waals surface area contributed by atoms with E-state index in [4.69, 9.17) is 0 Å². The van der Waals surface area contributed by atoms with Crippen LogP contribution in [0.25, 0.3) is 6.08 Å². The lowest BCUT2D eigenvalue weighted by Gasteiger charge is -2.05. The van der Waals surface area contributed by atoms with Gasteiger partial charge in [-0.1, -0.05) is 43.7 Å². The van der Waals surface area contributed by atoms with Gasteiger partial charge in [-0.15, -0.1) is 0 Å². The van der Waals surface area contributed by atoms with Gasteiger partial charge in [-0.25, -0.2) is 0 Å². The highest BCUT2D eigenvalue weighted by Crippen LogP contribution is 2.07. The van der Waals surface area contributed by atoms with Crippen molar-refractivity contribution in [2.24, 2.45) is 0 Å². The van der Waals surface area contributed by atoms with Crippen molar-refractivity contribution in [1.29, 1.82) is 0 Å². The highest BCUT2D eigenvalue weighted by molar-refractivity contribution is 5.94. The average Bonchev–Trinajstić information content (AvgIpc) is 2.54. The number of amides is 1. The number of nitrogens with one attached hydrogen (secondary N) is 1. The van der Waals surface area contributed by atoms with Crippen molar-refractivity contribution >= 4 is 12.0 Å². The van der Waals surface area contributed by atoms with Crippen molar-refractivity contribution in [3.8, 4) is 0 Å². The van der Waals surface area contributed by atoms with Gasteiger partial charge in [-0.2, -0.15) is 0 Å². The zero-order valence-electron chi connectivity index (χ0n) is 12.3. The minimum Gasteiger partial charge on any atom is -0.348 e. The summed E-state index contributed by atoms with van der Waals surface area (Å²) in [4.78, 5) is 16.1. The summed E-state index contributed by atoms with van der Waals surface area (Å²) in [6, 6.07) is 11.4. The van der Waals surface area contributed by atoms with E-state index in [1.807, 2.05) is 36.4 Å². The van der Waals surface area contributed by atoms with Gasteiger partial charge in [0, 0.05) is 24.5 Å². The molecule has 2 aromatic rings. The fourth-order valence-electron chi connectivity index (χ4n) is 1.92. The van der Waals surface area contributed by atoms with Gasteiger partial charge in [-0.05, 0) is 35.7 Å². The van der Waals surface area contributed by atoms with E-state index in [0.717, 1.165) is 24.0 Å². The molecule has 0 saturated heterocycles. The first-order chi connectivity index (χ1) is 10.3.